The number of anilines is 1. The van der Waals surface area contributed by atoms with Crippen molar-refractivity contribution in [3.05, 3.63) is 18.1 Å². The quantitative estimate of drug-likeness (QED) is 0.869. The molecule has 0 radical (unpaired) electrons. The van der Waals surface area contributed by atoms with E-state index in [0.29, 0.717) is 17.6 Å². The van der Waals surface area contributed by atoms with E-state index in [2.05, 4.69) is 27.5 Å². The van der Waals surface area contributed by atoms with E-state index in [1.54, 1.807) is 12.4 Å². The largest absolute Gasteiger partial charge is 0.369 e. The van der Waals surface area contributed by atoms with E-state index in [-0.39, 0.29) is 5.91 Å². The highest BCUT2D eigenvalue weighted by Gasteiger charge is 2.65. The summed E-state index contributed by atoms with van der Waals surface area (Å²) in [6.07, 6.45) is 8.38. The van der Waals surface area contributed by atoms with Gasteiger partial charge in [-0.05, 0) is 49.4 Å². The summed E-state index contributed by atoms with van der Waals surface area (Å²) in [4.78, 5) is 20.8. The second-order valence-electron chi connectivity index (χ2n) is 6.70. The van der Waals surface area contributed by atoms with E-state index in [1.165, 1.54) is 19.3 Å². The molecule has 3 aliphatic carbocycles. The van der Waals surface area contributed by atoms with Crippen molar-refractivity contribution in [1.82, 2.24) is 15.3 Å². The second kappa shape index (κ2) is 4.97. The third-order valence-corrected chi connectivity index (χ3v) is 5.46. The van der Waals surface area contributed by atoms with Gasteiger partial charge in [0.05, 0.1) is 12.4 Å². The van der Waals surface area contributed by atoms with Crippen LogP contribution in [0.4, 0.5) is 5.82 Å². The fourth-order valence-electron chi connectivity index (χ4n) is 4.56. The smallest absolute Gasteiger partial charge is 0.271 e. The Morgan fingerprint density at radius 3 is 2.76 bits per heavy atom. The van der Waals surface area contributed by atoms with Gasteiger partial charge in [-0.2, -0.15) is 0 Å². The van der Waals surface area contributed by atoms with E-state index >= 15 is 0 Å². The number of carbonyl (C=O) groups excluding carboxylic acids is 1. The molecule has 4 rings (SSSR count). The Balaban J connectivity index is 1.39. The molecule has 3 saturated carbocycles. The van der Waals surface area contributed by atoms with Crippen LogP contribution in [-0.4, -0.2) is 28.5 Å². The van der Waals surface area contributed by atoms with Crippen molar-refractivity contribution in [1.29, 1.82) is 0 Å². The molecule has 21 heavy (non-hydrogen) atoms. The highest BCUT2D eigenvalue weighted by molar-refractivity contribution is 5.92. The maximum Gasteiger partial charge on any atom is 0.271 e. The Labute approximate surface area is 124 Å². The second-order valence-corrected chi connectivity index (χ2v) is 6.70. The van der Waals surface area contributed by atoms with Crippen LogP contribution in [0, 0.1) is 23.7 Å². The molecule has 0 saturated heterocycles. The number of rotatable bonds is 5. The minimum Gasteiger partial charge on any atom is -0.369 e. The minimum atomic E-state index is -0.0681. The van der Waals surface area contributed by atoms with Gasteiger partial charge in [-0.25, -0.2) is 4.98 Å². The highest BCUT2D eigenvalue weighted by atomic mass is 16.2. The molecular weight excluding hydrogens is 264 g/mol. The van der Waals surface area contributed by atoms with Crippen molar-refractivity contribution in [2.24, 2.45) is 23.7 Å². The number of nitrogens with zero attached hydrogens (tertiary/aromatic N) is 2. The van der Waals surface area contributed by atoms with Gasteiger partial charge < -0.3 is 10.6 Å². The van der Waals surface area contributed by atoms with Gasteiger partial charge in [-0.3, -0.25) is 9.78 Å². The molecule has 2 bridgehead atoms. The minimum absolute atomic E-state index is 0.0681. The molecule has 3 aliphatic rings. The maximum absolute atomic E-state index is 12.3. The van der Waals surface area contributed by atoms with Crippen LogP contribution in [0.15, 0.2) is 12.4 Å². The van der Waals surface area contributed by atoms with Gasteiger partial charge in [-0.15, -0.1) is 0 Å². The number of amides is 1. The zero-order valence-electron chi connectivity index (χ0n) is 12.4. The molecule has 1 aromatic rings. The first-order chi connectivity index (χ1) is 10.3. The van der Waals surface area contributed by atoms with Crippen LogP contribution in [-0.2, 0) is 0 Å². The van der Waals surface area contributed by atoms with E-state index in [0.717, 1.165) is 36.6 Å². The lowest BCUT2D eigenvalue weighted by Crippen LogP contribution is -2.30. The van der Waals surface area contributed by atoms with Crippen molar-refractivity contribution in [3.63, 3.8) is 0 Å². The van der Waals surface area contributed by atoms with Gasteiger partial charge in [0.15, 0.2) is 0 Å². The summed E-state index contributed by atoms with van der Waals surface area (Å²) in [5.74, 6) is 3.86. The summed E-state index contributed by atoms with van der Waals surface area (Å²) in [6.45, 7) is 2.94. The Hall–Kier alpha value is -1.65. The van der Waals surface area contributed by atoms with Crippen molar-refractivity contribution < 1.29 is 4.79 Å². The zero-order chi connectivity index (χ0) is 14.4. The number of aromatic nitrogens is 2. The Morgan fingerprint density at radius 1 is 1.29 bits per heavy atom. The first-order valence-electron chi connectivity index (χ1n) is 8.14. The number of hydrogen-bond acceptors (Lipinski definition) is 4. The zero-order valence-corrected chi connectivity index (χ0v) is 12.4. The molecule has 3 fully saturated rings. The van der Waals surface area contributed by atoms with E-state index in [4.69, 9.17) is 0 Å². The molecule has 2 N–H and O–H groups in total. The van der Waals surface area contributed by atoms with Gasteiger partial charge >= 0.3 is 0 Å². The molecule has 4 atom stereocenters. The van der Waals surface area contributed by atoms with Crippen LogP contribution in [0.2, 0.25) is 0 Å². The first-order valence-corrected chi connectivity index (χ1v) is 8.14. The molecular formula is C16H22N4O. The van der Waals surface area contributed by atoms with E-state index in [1.807, 2.05) is 0 Å². The highest BCUT2D eigenvalue weighted by Crippen LogP contribution is 2.65. The maximum atomic E-state index is 12.3. The molecule has 5 heteroatoms. The third kappa shape index (κ3) is 2.19. The summed E-state index contributed by atoms with van der Waals surface area (Å²) in [7, 11) is 0. The molecule has 4 unspecified atom stereocenters. The normalized spacial score (nSPS) is 35.4. The average Bonchev–Trinajstić information content (AvgIpc) is 2.90. The summed E-state index contributed by atoms with van der Waals surface area (Å²) < 4.78 is 0. The first kappa shape index (κ1) is 13.0. The molecule has 0 aromatic carbocycles. The van der Waals surface area contributed by atoms with Crippen LogP contribution in [0.3, 0.4) is 0 Å². The fourth-order valence-corrected chi connectivity index (χ4v) is 4.56. The monoisotopic (exact) mass is 286 g/mol. The lowest BCUT2D eigenvalue weighted by Gasteiger charge is -2.11. The third-order valence-electron chi connectivity index (χ3n) is 5.46. The van der Waals surface area contributed by atoms with Crippen molar-refractivity contribution in [2.75, 3.05) is 11.9 Å². The van der Waals surface area contributed by atoms with Crippen LogP contribution in [0.1, 0.15) is 43.1 Å². The van der Waals surface area contributed by atoms with Gasteiger partial charge in [0.2, 0.25) is 0 Å². The number of nitrogens with one attached hydrogen (secondary N) is 2. The van der Waals surface area contributed by atoms with Gasteiger partial charge in [-0.1, -0.05) is 6.92 Å². The SMILES string of the molecule is CCCNc1cncc(C(=O)NC2C3C4CCC(C4)C23)n1. The van der Waals surface area contributed by atoms with Crippen LogP contribution in [0.25, 0.3) is 0 Å². The van der Waals surface area contributed by atoms with Crippen molar-refractivity contribution >= 4 is 11.7 Å². The molecule has 1 heterocycles. The molecule has 0 aliphatic heterocycles. The number of carbonyl (C=O) groups is 1. The van der Waals surface area contributed by atoms with Gasteiger partial charge in [0.25, 0.3) is 5.91 Å². The topological polar surface area (TPSA) is 66.9 Å². The standard InChI is InChI=1S/C16H22N4O/c1-2-5-18-12-8-17-7-11(19-12)16(21)20-15-13-9-3-4-10(6-9)14(13)15/h7-10,13-15H,2-6H2,1H3,(H,18,19)(H,20,21). The summed E-state index contributed by atoms with van der Waals surface area (Å²) >= 11 is 0. The number of hydrogen-bond donors (Lipinski definition) is 2. The molecule has 0 spiro atoms. The molecule has 5 nitrogen and oxygen atoms in total. The summed E-state index contributed by atoms with van der Waals surface area (Å²) in [6, 6.07) is 0.401. The van der Waals surface area contributed by atoms with Gasteiger partial charge in [0.1, 0.15) is 11.5 Å². The Morgan fingerprint density at radius 2 is 2.05 bits per heavy atom. The van der Waals surface area contributed by atoms with Crippen LogP contribution in [0.5, 0.6) is 0 Å². The molecule has 1 amide bonds. The van der Waals surface area contributed by atoms with E-state index < -0.39 is 0 Å². The predicted octanol–water partition coefficient (Wildman–Crippen LogP) is 2.07. The fraction of sp³-hybridized carbons (Fsp3) is 0.688. The lowest BCUT2D eigenvalue weighted by atomic mass is 10.0. The van der Waals surface area contributed by atoms with E-state index in [9.17, 15) is 4.79 Å². The Kier molecular flexibility index (Phi) is 3.08. The predicted molar refractivity (Wildman–Crippen MR) is 79.9 cm³/mol. The average molecular weight is 286 g/mol. The van der Waals surface area contributed by atoms with Crippen LogP contribution >= 0.6 is 0 Å². The van der Waals surface area contributed by atoms with Gasteiger partial charge in [0, 0.05) is 12.6 Å². The summed E-state index contributed by atoms with van der Waals surface area (Å²) in [5, 5.41) is 6.36. The van der Waals surface area contributed by atoms with Crippen molar-refractivity contribution in [3.8, 4) is 0 Å². The summed E-state index contributed by atoms with van der Waals surface area (Å²) in [5.41, 5.74) is 0.424. The molecule has 1 aromatic heterocycles. The number of fused-ring (bicyclic) bond motifs is 5. The van der Waals surface area contributed by atoms with Crippen LogP contribution < -0.4 is 10.6 Å². The Bertz CT molecular complexity index is 545. The molecule has 112 valence electrons. The lowest BCUT2D eigenvalue weighted by molar-refractivity contribution is 0.0939. The van der Waals surface area contributed by atoms with Crippen molar-refractivity contribution in [2.45, 2.75) is 38.6 Å².